The lowest BCUT2D eigenvalue weighted by molar-refractivity contribution is -0.131. The summed E-state index contributed by atoms with van der Waals surface area (Å²) in [5.41, 5.74) is 0. The lowest BCUT2D eigenvalue weighted by Crippen LogP contribution is -2.43. The van der Waals surface area contributed by atoms with Gasteiger partial charge < -0.3 is 10.0 Å². The first-order valence-electron chi connectivity index (χ1n) is 6.03. The Morgan fingerprint density at radius 3 is 2.50 bits per heavy atom. The molecule has 3 amide bonds. The van der Waals surface area contributed by atoms with Crippen LogP contribution in [0, 0.1) is 5.92 Å². The maximum absolute atomic E-state index is 11.8. The van der Waals surface area contributed by atoms with Crippen LogP contribution in [-0.2, 0) is 9.59 Å². The minimum Gasteiger partial charge on any atom is -0.478 e. The first kappa shape index (κ1) is 14.2. The van der Waals surface area contributed by atoms with E-state index in [1.807, 2.05) is 6.92 Å². The van der Waals surface area contributed by atoms with Gasteiger partial charge in [0.15, 0.2) is 0 Å². The summed E-state index contributed by atoms with van der Waals surface area (Å²) in [6.07, 6.45) is 4.61. The third-order valence-electron chi connectivity index (χ3n) is 2.56. The SMILES string of the molecule is CCCN(CC1CC1)C(=O)NC(=O)C=CC(=O)O. The van der Waals surface area contributed by atoms with E-state index in [9.17, 15) is 14.4 Å². The zero-order valence-electron chi connectivity index (χ0n) is 10.4. The van der Waals surface area contributed by atoms with E-state index in [0.717, 1.165) is 25.3 Å². The van der Waals surface area contributed by atoms with Gasteiger partial charge in [-0.25, -0.2) is 9.59 Å². The Morgan fingerprint density at radius 1 is 1.33 bits per heavy atom. The number of hydrogen-bond acceptors (Lipinski definition) is 3. The summed E-state index contributed by atoms with van der Waals surface area (Å²) in [6.45, 7) is 3.22. The summed E-state index contributed by atoms with van der Waals surface area (Å²) in [4.78, 5) is 34.8. The predicted molar refractivity (Wildman–Crippen MR) is 64.9 cm³/mol. The van der Waals surface area contributed by atoms with Gasteiger partial charge in [-0.3, -0.25) is 10.1 Å². The molecule has 0 aromatic heterocycles. The standard InChI is InChI=1S/C12H18N2O4/c1-2-7-14(8-9-3-4-9)12(18)13-10(15)5-6-11(16)17/h5-6,9H,2-4,7-8H2,1H3,(H,16,17)(H,13,15,18). The number of nitrogens with zero attached hydrogens (tertiary/aromatic N) is 1. The van der Waals surface area contributed by atoms with E-state index in [1.54, 1.807) is 4.90 Å². The molecule has 0 atom stereocenters. The number of carbonyl (C=O) groups excluding carboxylic acids is 2. The lowest BCUT2D eigenvalue weighted by atomic mass is 10.3. The number of hydrogen-bond donors (Lipinski definition) is 2. The predicted octanol–water partition coefficient (Wildman–Crippen LogP) is 0.985. The van der Waals surface area contributed by atoms with E-state index >= 15 is 0 Å². The highest BCUT2D eigenvalue weighted by Gasteiger charge is 2.26. The van der Waals surface area contributed by atoms with Gasteiger partial charge in [0.1, 0.15) is 0 Å². The van der Waals surface area contributed by atoms with Crippen molar-refractivity contribution in [2.75, 3.05) is 13.1 Å². The molecule has 1 saturated carbocycles. The van der Waals surface area contributed by atoms with Crippen molar-refractivity contribution in [3.8, 4) is 0 Å². The molecule has 0 aromatic rings. The van der Waals surface area contributed by atoms with Crippen molar-refractivity contribution < 1.29 is 19.5 Å². The number of aliphatic carboxylic acids is 1. The Kier molecular flexibility index (Phi) is 5.35. The average Bonchev–Trinajstić information content (AvgIpc) is 3.09. The van der Waals surface area contributed by atoms with E-state index in [1.165, 1.54) is 0 Å². The van der Waals surface area contributed by atoms with Gasteiger partial charge in [0.25, 0.3) is 5.91 Å². The number of imide groups is 1. The summed E-state index contributed by atoms with van der Waals surface area (Å²) < 4.78 is 0. The highest BCUT2D eigenvalue weighted by atomic mass is 16.4. The number of urea groups is 1. The second-order valence-electron chi connectivity index (χ2n) is 4.36. The van der Waals surface area contributed by atoms with Crippen LogP contribution in [0.1, 0.15) is 26.2 Å². The quantitative estimate of drug-likeness (QED) is 0.692. The minimum absolute atomic E-state index is 0.455. The highest BCUT2D eigenvalue weighted by Crippen LogP contribution is 2.29. The van der Waals surface area contributed by atoms with E-state index in [-0.39, 0.29) is 0 Å². The largest absolute Gasteiger partial charge is 0.478 e. The molecule has 0 aromatic carbocycles. The third kappa shape index (κ3) is 5.47. The van der Waals surface area contributed by atoms with Gasteiger partial charge in [-0.1, -0.05) is 6.92 Å². The number of carboxylic acid groups (broad SMARTS) is 1. The number of nitrogens with one attached hydrogen (secondary N) is 1. The number of carboxylic acids is 1. The maximum atomic E-state index is 11.8. The molecule has 1 rings (SSSR count). The fraction of sp³-hybridized carbons (Fsp3) is 0.583. The van der Waals surface area contributed by atoms with Crippen molar-refractivity contribution in [2.24, 2.45) is 5.92 Å². The van der Waals surface area contributed by atoms with Crippen LogP contribution in [0.2, 0.25) is 0 Å². The van der Waals surface area contributed by atoms with Gasteiger partial charge in [-0.2, -0.15) is 0 Å². The van der Waals surface area contributed by atoms with E-state index in [2.05, 4.69) is 5.32 Å². The van der Waals surface area contributed by atoms with Crippen LogP contribution >= 0.6 is 0 Å². The Labute approximate surface area is 106 Å². The molecule has 0 spiro atoms. The van der Waals surface area contributed by atoms with Crippen molar-refractivity contribution in [2.45, 2.75) is 26.2 Å². The van der Waals surface area contributed by atoms with Crippen molar-refractivity contribution in [1.29, 1.82) is 0 Å². The molecule has 18 heavy (non-hydrogen) atoms. The molecule has 0 saturated heterocycles. The first-order chi connectivity index (χ1) is 8.52. The zero-order valence-corrected chi connectivity index (χ0v) is 10.4. The second-order valence-corrected chi connectivity index (χ2v) is 4.36. The monoisotopic (exact) mass is 254 g/mol. The number of carbonyl (C=O) groups is 3. The molecule has 1 aliphatic rings. The molecule has 0 radical (unpaired) electrons. The smallest absolute Gasteiger partial charge is 0.328 e. The summed E-state index contributed by atoms with van der Waals surface area (Å²) in [6, 6.07) is -0.455. The van der Waals surface area contributed by atoms with Gasteiger partial charge in [0.05, 0.1) is 0 Å². The molecule has 0 bridgehead atoms. The molecule has 6 nitrogen and oxygen atoms in total. The van der Waals surface area contributed by atoms with Crippen molar-refractivity contribution in [3.05, 3.63) is 12.2 Å². The highest BCUT2D eigenvalue weighted by molar-refractivity contribution is 6.02. The van der Waals surface area contributed by atoms with Crippen LogP contribution < -0.4 is 5.32 Å². The molecule has 6 heteroatoms. The van der Waals surface area contributed by atoms with Crippen molar-refractivity contribution in [1.82, 2.24) is 10.2 Å². The Bertz CT molecular complexity index is 361. The van der Waals surface area contributed by atoms with Crippen LogP contribution in [0.4, 0.5) is 4.79 Å². The van der Waals surface area contributed by atoms with Crippen LogP contribution in [0.5, 0.6) is 0 Å². The molecule has 2 N–H and O–H groups in total. The van der Waals surface area contributed by atoms with Gasteiger partial charge in [0, 0.05) is 25.2 Å². The van der Waals surface area contributed by atoms with E-state index in [0.29, 0.717) is 25.1 Å². The van der Waals surface area contributed by atoms with E-state index < -0.39 is 17.9 Å². The molecule has 0 aliphatic heterocycles. The lowest BCUT2D eigenvalue weighted by Gasteiger charge is -2.21. The Morgan fingerprint density at radius 2 is 2.00 bits per heavy atom. The Hall–Kier alpha value is -1.85. The average molecular weight is 254 g/mol. The second kappa shape index (κ2) is 6.78. The fourth-order valence-electron chi connectivity index (χ4n) is 1.53. The van der Waals surface area contributed by atoms with Crippen molar-refractivity contribution in [3.63, 3.8) is 0 Å². The van der Waals surface area contributed by atoms with Gasteiger partial charge in [-0.15, -0.1) is 0 Å². The molecule has 0 unspecified atom stereocenters. The molecule has 1 aliphatic carbocycles. The fourth-order valence-corrected chi connectivity index (χ4v) is 1.53. The van der Waals surface area contributed by atoms with Crippen molar-refractivity contribution >= 4 is 17.9 Å². The summed E-state index contributed by atoms with van der Waals surface area (Å²) >= 11 is 0. The molecule has 1 fully saturated rings. The van der Waals surface area contributed by atoms with Crippen LogP contribution in [0.15, 0.2) is 12.2 Å². The molecular formula is C12H18N2O4. The first-order valence-corrected chi connectivity index (χ1v) is 6.03. The number of amides is 3. The van der Waals surface area contributed by atoms with Gasteiger partial charge in [-0.05, 0) is 25.2 Å². The maximum Gasteiger partial charge on any atom is 0.328 e. The number of rotatable bonds is 6. The van der Waals surface area contributed by atoms with E-state index in [4.69, 9.17) is 5.11 Å². The Balaban J connectivity index is 2.43. The van der Waals surface area contributed by atoms with Gasteiger partial charge in [0.2, 0.25) is 0 Å². The summed E-state index contributed by atoms with van der Waals surface area (Å²) in [5, 5.41) is 10.5. The molecule has 100 valence electrons. The van der Waals surface area contributed by atoms with Crippen LogP contribution in [0.25, 0.3) is 0 Å². The third-order valence-corrected chi connectivity index (χ3v) is 2.56. The summed E-state index contributed by atoms with van der Waals surface area (Å²) in [7, 11) is 0. The topological polar surface area (TPSA) is 86.7 Å². The van der Waals surface area contributed by atoms with Gasteiger partial charge >= 0.3 is 12.0 Å². The normalized spacial score (nSPS) is 14.5. The van der Waals surface area contributed by atoms with Crippen LogP contribution in [-0.4, -0.2) is 41.0 Å². The van der Waals surface area contributed by atoms with Crippen LogP contribution in [0.3, 0.4) is 0 Å². The summed E-state index contributed by atoms with van der Waals surface area (Å²) in [5.74, 6) is -1.38. The zero-order chi connectivity index (χ0) is 13.5. The molecular weight excluding hydrogens is 236 g/mol. The molecule has 0 heterocycles. The minimum atomic E-state index is -1.22.